The van der Waals surface area contributed by atoms with Gasteiger partial charge in [-0.3, -0.25) is 14.5 Å². The van der Waals surface area contributed by atoms with E-state index in [-0.39, 0.29) is 24.1 Å². The number of rotatable bonds is 10. The third-order valence-electron chi connectivity index (χ3n) is 5.55. The van der Waals surface area contributed by atoms with Crippen molar-refractivity contribution in [1.82, 2.24) is 9.88 Å². The SMILES string of the molecule is CCOc1ccc2nc(N(CCCN(C)C)C(=O)c3ccc(C(=O)c4ccccc4)cc3)sc2c1.[Cl-]. The smallest absolute Gasteiger partial charge is 0.260 e. The number of benzene rings is 3. The zero-order valence-electron chi connectivity index (χ0n) is 20.6. The summed E-state index contributed by atoms with van der Waals surface area (Å²) < 4.78 is 6.59. The van der Waals surface area contributed by atoms with Gasteiger partial charge in [0.1, 0.15) is 5.75 Å². The second kappa shape index (κ2) is 12.6. The zero-order valence-corrected chi connectivity index (χ0v) is 22.2. The summed E-state index contributed by atoms with van der Waals surface area (Å²) in [5, 5.41) is 0.654. The van der Waals surface area contributed by atoms with Crippen LogP contribution in [0.3, 0.4) is 0 Å². The fourth-order valence-corrected chi connectivity index (χ4v) is 4.79. The highest BCUT2D eigenvalue weighted by Crippen LogP contribution is 2.32. The molecule has 0 aliphatic rings. The number of carbonyl (C=O) groups excluding carboxylic acids is 2. The highest BCUT2D eigenvalue weighted by atomic mass is 35.5. The van der Waals surface area contributed by atoms with Gasteiger partial charge in [-0.2, -0.15) is 0 Å². The average Bonchev–Trinajstić information content (AvgIpc) is 3.29. The van der Waals surface area contributed by atoms with Gasteiger partial charge in [0.05, 0.1) is 16.8 Å². The molecule has 0 unspecified atom stereocenters. The van der Waals surface area contributed by atoms with Crippen LogP contribution in [0.15, 0.2) is 72.8 Å². The molecule has 8 heteroatoms. The number of ether oxygens (including phenoxy) is 1. The monoisotopic (exact) mass is 522 g/mol. The van der Waals surface area contributed by atoms with Gasteiger partial charge in [0, 0.05) is 23.2 Å². The van der Waals surface area contributed by atoms with Gasteiger partial charge < -0.3 is 22.0 Å². The largest absolute Gasteiger partial charge is 1.00 e. The van der Waals surface area contributed by atoms with Crippen molar-refractivity contribution in [2.45, 2.75) is 13.3 Å². The lowest BCUT2D eigenvalue weighted by molar-refractivity contribution is -0.0000223. The molecule has 0 saturated heterocycles. The first-order valence-electron chi connectivity index (χ1n) is 11.7. The van der Waals surface area contributed by atoms with Crippen LogP contribution in [0.1, 0.15) is 39.6 Å². The van der Waals surface area contributed by atoms with Crippen LogP contribution in [0.25, 0.3) is 10.2 Å². The number of anilines is 1. The van der Waals surface area contributed by atoms with Gasteiger partial charge in [0.15, 0.2) is 10.9 Å². The Labute approximate surface area is 221 Å². The number of fused-ring (bicyclic) bond motifs is 1. The third kappa shape index (κ3) is 6.49. The lowest BCUT2D eigenvalue weighted by Gasteiger charge is -2.21. The van der Waals surface area contributed by atoms with E-state index in [0.717, 1.165) is 28.9 Å². The van der Waals surface area contributed by atoms with Gasteiger partial charge >= 0.3 is 0 Å². The van der Waals surface area contributed by atoms with Crippen molar-refractivity contribution < 1.29 is 26.7 Å². The minimum absolute atomic E-state index is 0. The van der Waals surface area contributed by atoms with E-state index in [2.05, 4.69) is 4.90 Å². The number of aromatic nitrogens is 1. The Morgan fingerprint density at radius 2 is 1.56 bits per heavy atom. The van der Waals surface area contributed by atoms with Crippen LogP contribution in [-0.2, 0) is 0 Å². The first kappa shape index (κ1) is 27.3. The fraction of sp³-hybridized carbons (Fsp3) is 0.250. The molecule has 1 amide bonds. The molecule has 1 heterocycles. The minimum atomic E-state index is -0.133. The topological polar surface area (TPSA) is 62.7 Å². The van der Waals surface area contributed by atoms with Crippen molar-refractivity contribution in [3.05, 3.63) is 89.5 Å². The number of hydrogen-bond donors (Lipinski definition) is 0. The molecule has 0 fully saturated rings. The van der Waals surface area contributed by atoms with Crippen LogP contribution in [0, 0.1) is 0 Å². The fourth-order valence-electron chi connectivity index (χ4n) is 3.77. The molecule has 0 aliphatic heterocycles. The quantitative estimate of drug-likeness (QED) is 0.300. The highest BCUT2D eigenvalue weighted by molar-refractivity contribution is 7.22. The first-order valence-corrected chi connectivity index (χ1v) is 12.5. The predicted molar refractivity (Wildman–Crippen MR) is 142 cm³/mol. The number of ketones is 1. The molecule has 36 heavy (non-hydrogen) atoms. The Morgan fingerprint density at radius 3 is 2.22 bits per heavy atom. The van der Waals surface area contributed by atoms with Crippen LogP contribution >= 0.6 is 11.3 Å². The Kier molecular flexibility index (Phi) is 9.58. The lowest BCUT2D eigenvalue weighted by atomic mass is 10.0. The number of hydrogen-bond acceptors (Lipinski definition) is 6. The molecular formula is C28H29ClN3O3S-. The van der Waals surface area contributed by atoms with Gasteiger partial charge in [0.25, 0.3) is 5.91 Å². The molecular weight excluding hydrogens is 494 g/mol. The normalized spacial score (nSPS) is 10.8. The first-order chi connectivity index (χ1) is 17.0. The molecule has 0 saturated carbocycles. The third-order valence-corrected chi connectivity index (χ3v) is 6.59. The number of halogens is 1. The van der Waals surface area contributed by atoms with Crippen molar-refractivity contribution >= 4 is 38.4 Å². The summed E-state index contributed by atoms with van der Waals surface area (Å²) in [5.74, 6) is 0.592. The maximum atomic E-state index is 13.6. The summed E-state index contributed by atoms with van der Waals surface area (Å²) in [6, 6.07) is 21.8. The van der Waals surface area contributed by atoms with Crippen LogP contribution < -0.4 is 22.0 Å². The molecule has 0 spiro atoms. The molecule has 0 atom stereocenters. The van der Waals surface area contributed by atoms with Crippen LogP contribution in [0.2, 0.25) is 0 Å². The Morgan fingerprint density at radius 1 is 0.889 bits per heavy atom. The van der Waals surface area contributed by atoms with Crippen molar-refractivity contribution in [3.8, 4) is 5.75 Å². The molecule has 1 aromatic heterocycles. The van der Waals surface area contributed by atoms with Gasteiger partial charge in [-0.1, -0.05) is 53.8 Å². The Bertz CT molecular complexity index is 1310. The van der Waals surface area contributed by atoms with Crippen molar-refractivity contribution in [2.24, 2.45) is 0 Å². The van der Waals surface area contributed by atoms with E-state index in [4.69, 9.17) is 9.72 Å². The highest BCUT2D eigenvalue weighted by Gasteiger charge is 2.22. The second-order valence-electron chi connectivity index (χ2n) is 8.45. The van der Waals surface area contributed by atoms with E-state index >= 15 is 0 Å². The van der Waals surface area contributed by atoms with Gasteiger partial charge in [0.2, 0.25) is 0 Å². The van der Waals surface area contributed by atoms with E-state index in [1.165, 1.54) is 11.3 Å². The van der Waals surface area contributed by atoms with E-state index < -0.39 is 0 Å². The zero-order chi connectivity index (χ0) is 24.8. The molecule has 3 aromatic carbocycles. The number of nitrogens with zero attached hydrogens (tertiary/aromatic N) is 3. The summed E-state index contributed by atoms with van der Waals surface area (Å²) >= 11 is 1.48. The van der Waals surface area contributed by atoms with Crippen molar-refractivity contribution in [1.29, 1.82) is 0 Å². The standard InChI is InChI=1S/C28H29N3O3S.ClH/c1-4-34-23-15-16-24-25(19-23)35-28(29-24)31(18-8-17-30(2)3)27(33)22-13-11-21(12-14-22)26(32)20-9-6-5-7-10-20;/h5-7,9-16,19H,4,8,17-18H2,1-3H3;1H/p-1. The summed E-state index contributed by atoms with van der Waals surface area (Å²) in [6.07, 6.45) is 0.809. The van der Waals surface area contributed by atoms with Gasteiger partial charge in [-0.05, 0) is 64.3 Å². The second-order valence-corrected chi connectivity index (χ2v) is 9.45. The predicted octanol–water partition coefficient (Wildman–Crippen LogP) is 2.53. The summed E-state index contributed by atoms with van der Waals surface area (Å²) in [5.41, 5.74) is 2.53. The van der Waals surface area contributed by atoms with Gasteiger partial charge in [-0.25, -0.2) is 4.98 Å². The molecule has 0 N–H and O–H groups in total. The van der Waals surface area contributed by atoms with E-state index in [9.17, 15) is 9.59 Å². The maximum Gasteiger partial charge on any atom is 0.260 e. The Balaban J connectivity index is 0.00000361. The summed E-state index contributed by atoms with van der Waals surface area (Å²) in [7, 11) is 4.03. The van der Waals surface area contributed by atoms with Gasteiger partial charge in [-0.15, -0.1) is 0 Å². The average molecular weight is 523 g/mol. The van der Waals surface area contributed by atoms with Crippen molar-refractivity contribution in [2.75, 3.05) is 38.7 Å². The van der Waals surface area contributed by atoms with Crippen LogP contribution in [0.4, 0.5) is 5.13 Å². The van der Waals surface area contributed by atoms with Crippen LogP contribution in [-0.4, -0.2) is 55.4 Å². The van der Waals surface area contributed by atoms with E-state index in [1.807, 2.05) is 57.4 Å². The van der Waals surface area contributed by atoms with Crippen molar-refractivity contribution in [3.63, 3.8) is 0 Å². The molecule has 188 valence electrons. The molecule has 6 nitrogen and oxygen atoms in total. The number of thiazole rings is 1. The maximum absolute atomic E-state index is 13.6. The summed E-state index contributed by atoms with van der Waals surface area (Å²) in [4.78, 5) is 34.9. The molecule has 4 rings (SSSR count). The minimum Gasteiger partial charge on any atom is -1.00 e. The lowest BCUT2D eigenvalue weighted by Crippen LogP contribution is -3.00. The molecule has 4 aromatic rings. The van der Waals surface area contributed by atoms with Crippen LogP contribution in [0.5, 0.6) is 5.75 Å². The summed E-state index contributed by atoms with van der Waals surface area (Å²) in [6.45, 7) is 3.94. The number of carbonyl (C=O) groups is 2. The molecule has 0 aliphatic carbocycles. The van der Waals surface area contributed by atoms with E-state index in [0.29, 0.717) is 35.0 Å². The molecule has 0 radical (unpaired) electrons. The van der Waals surface area contributed by atoms with E-state index in [1.54, 1.807) is 41.3 Å². The number of amides is 1. The molecule has 0 bridgehead atoms. The Hall–Kier alpha value is -3.26.